The Balaban J connectivity index is 1.49. The van der Waals surface area contributed by atoms with Crippen LogP contribution >= 0.6 is 0 Å². The van der Waals surface area contributed by atoms with Gasteiger partial charge in [0.2, 0.25) is 0 Å². The number of hydrogen-bond acceptors (Lipinski definition) is 5. The smallest absolute Gasteiger partial charge is 0.307 e. The molecule has 0 saturated carbocycles. The average Bonchev–Trinajstić information content (AvgIpc) is 2.79. The second kappa shape index (κ2) is 9.71. The summed E-state index contributed by atoms with van der Waals surface area (Å²) in [4.78, 5) is 11.1. The van der Waals surface area contributed by atoms with Crippen LogP contribution in [0.25, 0.3) is 0 Å². The number of aliphatic carboxylic acids is 1. The predicted octanol–water partition coefficient (Wildman–Crippen LogP) is 3.82. The number of benzene rings is 2. The van der Waals surface area contributed by atoms with E-state index in [-0.39, 0.29) is 18.4 Å². The molecule has 2 heterocycles. The second-order valence-electron chi connectivity index (χ2n) is 8.25. The highest BCUT2D eigenvalue weighted by Crippen LogP contribution is 2.31. The molecule has 0 radical (unpaired) electrons. The van der Waals surface area contributed by atoms with Crippen molar-refractivity contribution in [3.63, 3.8) is 0 Å². The molecule has 1 aliphatic rings. The Morgan fingerprint density at radius 3 is 2.77 bits per heavy atom. The van der Waals surface area contributed by atoms with Gasteiger partial charge in [0, 0.05) is 25.0 Å². The summed E-state index contributed by atoms with van der Waals surface area (Å²) in [6.07, 6.45) is 2.64. The summed E-state index contributed by atoms with van der Waals surface area (Å²) in [5, 5.41) is 24.8. The molecule has 31 heavy (non-hydrogen) atoms. The molecular formula is C25H28N4O2. The summed E-state index contributed by atoms with van der Waals surface area (Å²) < 4.78 is 0. The second-order valence-corrected chi connectivity index (χ2v) is 8.25. The molecular weight excluding hydrogens is 388 g/mol. The lowest BCUT2D eigenvalue weighted by atomic mass is 9.86. The lowest BCUT2D eigenvalue weighted by Gasteiger charge is -2.33. The number of carboxylic acids is 1. The van der Waals surface area contributed by atoms with E-state index in [0.29, 0.717) is 5.92 Å². The molecule has 2 aromatic carbocycles. The summed E-state index contributed by atoms with van der Waals surface area (Å²) in [5.74, 6) is -0.207. The average molecular weight is 417 g/mol. The van der Waals surface area contributed by atoms with E-state index in [2.05, 4.69) is 58.1 Å². The monoisotopic (exact) mass is 416 g/mol. The van der Waals surface area contributed by atoms with Crippen LogP contribution in [0.5, 0.6) is 0 Å². The molecule has 0 amide bonds. The first-order chi connectivity index (χ1) is 15.1. The molecule has 0 bridgehead atoms. The molecule has 160 valence electrons. The Kier molecular flexibility index (Phi) is 6.57. The van der Waals surface area contributed by atoms with Gasteiger partial charge in [0.25, 0.3) is 0 Å². The number of nitrogens with zero attached hydrogens (tertiary/aromatic N) is 2. The van der Waals surface area contributed by atoms with Gasteiger partial charge in [-0.2, -0.15) is 10.2 Å². The standard InChI is InChI=1S/C25H28N4O2/c1-17(20-9-5-6-18(12-20)13-24(30)31)15-27-25(19-7-3-2-4-8-19)21-14-23-22(26-16-21)10-11-28-29-23/h2-12,17,21,25-27H,13-16H2,1H3,(H,30,31)/t17-,21+,25+/m0/s1. The Morgan fingerprint density at radius 2 is 1.97 bits per heavy atom. The van der Waals surface area contributed by atoms with Crippen molar-refractivity contribution < 1.29 is 9.90 Å². The molecule has 3 atom stereocenters. The minimum absolute atomic E-state index is 0.0504. The fourth-order valence-corrected chi connectivity index (χ4v) is 4.29. The zero-order valence-corrected chi connectivity index (χ0v) is 17.7. The quantitative estimate of drug-likeness (QED) is 0.517. The van der Waals surface area contributed by atoms with Crippen LogP contribution in [0.4, 0.5) is 5.69 Å². The summed E-state index contributed by atoms with van der Waals surface area (Å²) in [7, 11) is 0. The Labute approximate surface area is 182 Å². The maximum atomic E-state index is 11.1. The number of nitrogens with one attached hydrogen (secondary N) is 2. The molecule has 1 aliphatic heterocycles. The highest BCUT2D eigenvalue weighted by atomic mass is 16.4. The molecule has 6 nitrogen and oxygen atoms in total. The minimum Gasteiger partial charge on any atom is -0.481 e. The van der Waals surface area contributed by atoms with Crippen LogP contribution in [0, 0.1) is 5.92 Å². The Hall–Kier alpha value is -3.25. The van der Waals surface area contributed by atoms with Crippen molar-refractivity contribution in [3.8, 4) is 0 Å². The molecule has 4 rings (SSSR count). The van der Waals surface area contributed by atoms with Crippen LogP contribution in [0.3, 0.4) is 0 Å². The van der Waals surface area contributed by atoms with E-state index >= 15 is 0 Å². The predicted molar refractivity (Wildman–Crippen MR) is 121 cm³/mol. The van der Waals surface area contributed by atoms with Crippen LogP contribution in [-0.4, -0.2) is 34.4 Å². The fourth-order valence-electron chi connectivity index (χ4n) is 4.29. The number of carboxylic acid groups (broad SMARTS) is 1. The third-order valence-corrected chi connectivity index (χ3v) is 5.96. The lowest BCUT2D eigenvalue weighted by molar-refractivity contribution is -0.136. The van der Waals surface area contributed by atoms with Gasteiger partial charge in [-0.25, -0.2) is 0 Å². The molecule has 3 aromatic rings. The van der Waals surface area contributed by atoms with Crippen molar-refractivity contribution in [3.05, 3.63) is 89.2 Å². The third-order valence-electron chi connectivity index (χ3n) is 5.96. The summed E-state index contributed by atoms with van der Waals surface area (Å²) >= 11 is 0. The van der Waals surface area contributed by atoms with Gasteiger partial charge < -0.3 is 15.7 Å². The number of rotatable bonds is 8. The zero-order chi connectivity index (χ0) is 21.6. The number of fused-ring (bicyclic) bond motifs is 1. The van der Waals surface area contributed by atoms with Gasteiger partial charge in [0.15, 0.2) is 0 Å². The van der Waals surface area contributed by atoms with Gasteiger partial charge in [-0.05, 0) is 35.1 Å². The third kappa shape index (κ3) is 5.27. The van der Waals surface area contributed by atoms with Crippen LogP contribution < -0.4 is 10.6 Å². The van der Waals surface area contributed by atoms with E-state index in [1.165, 1.54) is 5.56 Å². The van der Waals surface area contributed by atoms with Crippen molar-refractivity contribution in [1.29, 1.82) is 0 Å². The van der Waals surface area contributed by atoms with Crippen molar-refractivity contribution in [1.82, 2.24) is 15.5 Å². The summed E-state index contributed by atoms with van der Waals surface area (Å²) in [6.45, 7) is 3.84. The van der Waals surface area contributed by atoms with E-state index in [1.807, 2.05) is 30.3 Å². The first kappa shape index (κ1) is 21.0. The summed E-state index contributed by atoms with van der Waals surface area (Å²) in [5.41, 5.74) is 5.32. The maximum Gasteiger partial charge on any atom is 0.307 e. The molecule has 6 heteroatoms. The number of anilines is 1. The number of hydrogen-bond donors (Lipinski definition) is 3. The van der Waals surface area contributed by atoms with Gasteiger partial charge in [-0.15, -0.1) is 0 Å². The highest BCUT2D eigenvalue weighted by Gasteiger charge is 2.28. The van der Waals surface area contributed by atoms with E-state index in [9.17, 15) is 4.79 Å². The Morgan fingerprint density at radius 1 is 1.16 bits per heavy atom. The SMILES string of the molecule is C[C@@H](CN[C@H](c1ccccc1)[C@H]1CNc2ccnnc2C1)c1cccc(CC(=O)O)c1. The van der Waals surface area contributed by atoms with Crippen LogP contribution in [-0.2, 0) is 17.6 Å². The molecule has 1 aromatic heterocycles. The van der Waals surface area contributed by atoms with Gasteiger partial charge in [0.1, 0.15) is 0 Å². The fraction of sp³-hybridized carbons (Fsp3) is 0.320. The van der Waals surface area contributed by atoms with Gasteiger partial charge in [-0.3, -0.25) is 4.79 Å². The summed E-state index contributed by atoms with van der Waals surface area (Å²) in [6, 6.07) is 20.6. The first-order valence-corrected chi connectivity index (χ1v) is 10.7. The number of aromatic nitrogens is 2. The van der Waals surface area contributed by atoms with Crippen LogP contribution in [0.1, 0.15) is 41.3 Å². The largest absolute Gasteiger partial charge is 0.481 e. The van der Waals surface area contributed by atoms with E-state index in [0.717, 1.165) is 42.0 Å². The molecule has 0 aliphatic carbocycles. The molecule has 0 saturated heterocycles. The lowest BCUT2D eigenvalue weighted by Crippen LogP contribution is -2.37. The van der Waals surface area contributed by atoms with Crippen molar-refractivity contribution in [2.45, 2.75) is 31.7 Å². The first-order valence-electron chi connectivity index (χ1n) is 10.7. The van der Waals surface area contributed by atoms with Crippen LogP contribution in [0.15, 0.2) is 66.9 Å². The zero-order valence-electron chi connectivity index (χ0n) is 17.7. The minimum atomic E-state index is -0.805. The Bertz CT molecular complexity index is 1020. The molecule has 0 unspecified atom stereocenters. The molecule has 3 N–H and O–H groups in total. The van der Waals surface area contributed by atoms with Gasteiger partial charge in [0.05, 0.1) is 24.0 Å². The van der Waals surface area contributed by atoms with E-state index in [4.69, 9.17) is 5.11 Å². The molecule has 0 fully saturated rings. The van der Waals surface area contributed by atoms with Crippen molar-refractivity contribution in [2.75, 3.05) is 18.4 Å². The topological polar surface area (TPSA) is 87.1 Å². The van der Waals surface area contributed by atoms with Crippen molar-refractivity contribution in [2.24, 2.45) is 5.92 Å². The maximum absolute atomic E-state index is 11.1. The van der Waals surface area contributed by atoms with Gasteiger partial charge in [-0.1, -0.05) is 61.5 Å². The molecule has 0 spiro atoms. The normalized spacial score (nSPS) is 17.3. The van der Waals surface area contributed by atoms with Crippen LogP contribution in [0.2, 0.25) is 0 Å². The number of carbonyl (C=O) groups is 1. The highest BCUT2D eigenvalue weighted by molar-refractivity contribution is 5.70. The van der Waals surface area contributed by atoms with E-state index in [1.54, 1.807) is 6.20 Å². The van der Waals surface area contributed by atoms with E-state index < -0.39 is 5.97 Å². The van der Waals surface area contributed by atoms with Gasteiger partial charge >= 0.3 is 5.97 Å². The van der Waals surface area contributed by atoms with Crippen molar-refractivity contribution >= 4 is 11.7 Å².